The zero-order valence-corrected chi connectivity index (χ0v) is 18.0. The summed E-state index contributed by atoms with van der Waals surface area (Å²) in [4.78, 5) is 2.34. The molecule has 0 bridgehead atoms. The van der Waals surface area contributed by atoms with Crippen molar-refractivity contribution in [3.8, 4) is 17.2 Å². The van der Waals surface area contributed by atoms with Gasteiger partial charge in [0.2, 0.25) is 0 Å². The van der Waals surface area contributed by atoms with E-state index in [1.165, 1.54) is 26.5 Å². The number of methoxy groups -OCH3 is 1. The average Bonchev–Trinajstić information content (AvgIpc) is 2.78. The summed E-state index contributed by atoms with van der Waals surface area (Å²) in [5.41, 5.74) is 3.88. The molecule has 0 N–H and O–H groups in total. The summed E-state index contributed by atoms with van der Waals surface area (Å²) in [7, 11) is 1.68. The van der Waals surface area contributed by atoms with Crippen LogP contribution in [0.4, 0.5) is 0 Å². The predicted molar refractivity (Wildman–Crippen MR) is 124 cm³/mol. The maximum atomic E-state index is 6.01. The molecule has 3 heteroatoms. The molecule has 0 radical (unpaired) electrons. The standard InChI is InChI=1S/C27H24O2S/c1-20-3-5-21(6-4-20)19-22-7-9-24(10-8-22)29-25-13-17-27(18-14-25)30-26-15-11-23(28-2)12-16-26/h3-18H,19H2,1-2H3. The van der Waals surface area contributed by atoms with Crippen molar-refractivity contribution in [2.45, 2.75) is 23.1 Å². The van der Waals surface area contributed by atoms with E-state index in [0.29, 0.717) is 0 Å². The highest BCUT2D eigenvalue weighted by molar-refractivity contribution is 7.99. The fourth-order valence-corrected chi connectivity index (χ4v) is 3.93. The Hall–Kier alpha value is -3.17. The van der Waals surface area contributed by atoms with E-state index < -0.39 is 0 Å². The number of rotatable bonds is 7. The maximum absolute atomic E-state index is 6.01. The fourth-order valence-electron chi connectivity index (χ4n) is 3.11. The van der Waals surface area contributed by atoms with Gasteiger partial charge < -0.3 is 9.47 Å². The van der Waals surface area contributed by atoms with E-state index in [1.54, 1.807) is 18.9 Å². The number of hydrogen-bond donors (Lipinski definition) is 0. The molecule has 4 aromatic rings. The smallest absolute Gasteiger partial charge is 0.127 e. The van der Waals surface area contributed by atoms with Crippen molar-refractivity contribution >= 4 is 11.8 Å². The topological polar surface area (TPSA) is 18.5 Å². The van der Waals surface area contributed by atoms with E-state index in [9.17, 15) is 0 Å². The Morgan fingerprint density at radius 1 is 0.567 bits per heavy atom. The summed E-state index contributed by atoms with van der Waals surface area (Å²) in [5, 5.41) is 0. The molecule has 0 amide bonds. The van der Waals surface area contributed by atoms with E-state index in [2.05, 4.69) is 67.6 Å². The van der Waals surface area contributed by atoms with Gasteiger partial charge in [0.05, 0.1) is 7.11 Å². The predicted octanol–water partition coefficient (Wildman–Crippen LogP) is 7.54. The van der Waals surface area contributed by atoms with Crippen LogP contribution in [0.1, 0.15) is 16.7 Å². The Morgan fingerprint density at radius 3 is 1.50 bits per heavy atom. The first-order valence-corrected chi connectivity index (χ1v) is 10.7. The van der Waals surface area contributed by atoms with Gasteiger partial charge in [0.25, 0.3) is 0 Å². The summed E-state index contributed by atoms with van der Waals surface area (Å²) in [6.45, 7) is 2.11. The molecular weight excluding hydrogens is 388 g/mol. The number of ether oxygens (including phenoxy) is 2. The Kier molecular flexibility index (Phi) is 6.41. The molecule has 150 valence electrons. The zero-order valence-electron chi connectivity index (χ0n) is 17.2. The highest BCUT2D eigenvalue weighted by Gasteiger charge is 2.02. The van der Waals surface area contributed by atoms with Crippen molar-refractivity contribution in [3.05, 3.63) is 114 Å². The number of hydrogen-bond acceptors (Lipinski definition) is 3. The van der Waals surface area contributed by atoms with E-state index >= 15 is 0 Å². The van der Waals surface area contributed by atoms with Gasteiger partial charge in [0.1, 0.15) is 17.2 Å². The zero-order chi connectivity index (χ0) is 20.8. The molecular formula is C27H24O2S. The molecule has 0 saturated carbocycles. The van der Waals surface area contributed by atoms with Crippen LogP contribution in [0.25, 0.3) is 0 Å². The van der Waals surface area contributed by atoms with Crippen molar-refractivity contribution in [1.82, 2.24) is 0 Å². The van der Waals surface area contributed by atoms with Crippen LogP contribution >= 0.6 is 11.8 Å². The van der Waals surface area contributed by atoms with Crippen molar-refractivity contribution < 1.29 is 9.47 Å². The Morgan fingerprint density at radius 2 is 1.00 bits per heavy atom. The first-order valence-electron chi connectivity index (χ1n) is 9.92. The molecule has 4 aromatic carbocycles. The molecule has 0 aromatic heterocycles. The van der Waals surface area contributed by atoms with E-state index in [1.807, 2.05) is 36.4 Å². The molecule has 30 heavy (non-hydrogen) atoms. The van der Waals surface area contributed by atoms with E-state index in [0.717, 1.165) is 23.7 Å². The van der Waals surface area contributed by atoms with Gasteiger partial charge in [-0.1, -0.05) is 53.7 Å². The summed E-state index contributed by atoms with van der Waals surface area (Å²) < 4.78 is 11.2. The van der Waals surface area contributed by atoms with Gasteiger partial charge in [0, 0.05) is 9.79 Å². The highest BCUT2D eigenvalue weighted by Crippen LogP contribution is 2.31. The van der Waals surface area contributed by atoms with Crippen LogP contribution in [0.2, 0.25) is 0 Å². The maximum Gasteiger partial charge on any atom is 0.127 e. The largest absolute Gasteiger partial charge is 0.497 e. The quantitative estimate of drug-likeness (QED) is 0.312. The minimum atomic E-state index is 0.834. The minimum Gasteiger partial charge on any atom is -0.497 e. The number of aryl methyl sites for hydroxylation is 1. The molecule has 0 fully saturated rings. The lowest BCUT2D eigenvalue weighted by Gasteiger charge is -2.08. The summed E-state index contributed by atoms with van der Waals surface area (Å²) in [6, 6.07) is 33.2. The van der Waals surface area contributed by atoms with Crippen molar-refractivity contribution in [3.63, 3.8) is 0 Å². The summed E-state index contributed by atoms with van der Waals surface area (Å²) >= 11 is 1.71. The van der Waals surface area contributed by atoms with Gasteiger partial charge in [-0.05, 0) is 85.1 Å². The van der Waals surface area contributed by atoms with Crippen LogP contribution in [0.3, 0.4) is 0 Å². The third-order valence-corrected chi connectivity index (χ3v) is 5.82. The molecule has 0 spiro atoms. The Bertz CT molecular complexity index is 1070. The molecule has 4 rings (SSSR count). The molecule has 0 aliphatic rings. The summed E-state index contributed by atoms with van der Waals surface area (Å²) in [5.74, 6) is 2.55. The van der Waals surface area contributed by atoms with Gasteiger partial charge in [0.15, 0.2) is 0 Å². The van der Waals surface area contributed by atoms with E-state index in [4.69, 9.17) is 9.47 Å². The molecule has 2 nitrogen and oxygen atoms in total. The monoisotopic (exact) mass is 412 g/mol. The van der Waals surface area contributed by atoms with Crippen LogP contribution in [0, 0.1) is 6.92 Å². The number of benzene rings is 4. The van der Waals surface area contributed by atoms with Crippen LogP contribution in [0.5, 0.6) is 17.2 Å². The first kappa shape index (κ1) is 20.1. The van der Waals surface area contributed by atoms with Crippen molar-refractivity contribution in [1.29, 1.82) is 0 Å². The molecule has 0 heterocycles. The normalized spacial score (nSPS) is 10.6. The lowest BCUT2D eigenvalue weighted by Crippen LogP contribution is -1.89. The molecule has 0 unspecified atom stereocenters. The molecule has 0 aliphatic heterocycles. The Balaban J connectivity index is 1.35. The van der Waals surface area contributed by atoms with E-state index in [-0.39, 0.29) is 0 Å². The van der Waals surface area contributed by atoms with Gasteiger partial charge in [-0.3, -0.25) is 0 Å². The average molecular weight is 413 g/mol. The van der Waals surface area contributed by atoms with Crippen LogP contribution < -0.4 is 9.47 Å². The Labute approximate surface area is 182 Å². The molecule has 0 atom stereocenters. The third kappa shape index (κ3) is 5.46. The highest BCUT2D eigenvalue weighted by atomic mass is 32.2. The van der Waals surface area contributed by atoms with Gasteiger partial charge >= 0.3 is 0 Å². The fraction of sp³-hybridized carbons (Fsp3) is 0.111. The van der Waals surface area contributed by atoms with Crippen LogP contribution in [-0.4, -0.2) is 7.11 Å². The van der Waals surface area contributed by atoms with Crippen LogP contribution in [0.15, 0.2) is 107 Å². The third-order valence-electron chi connectivity index (χ3n) is 4.81. The lowest BCUT2D eigenvalue weighted by atomic mass is 10.0. The van der Waals surface area contributed by atoms with Gasteiger partial charge in [-0.15, -0.1) is 0 Å². The second kappa shape index (κ2) is 9.55. The van der Waals surface area contributed by atoms with Crippen molar-refractivity contribution in [2.24, 2.45) is 0 Å². The van der Waals surface area contributed by atoms with Gasteiger partial charge in [-0.25, -0.2) is 0 Å². The SMILES string of the molecule is COc1ccc(Sc2ccc(Oc3ccc(Cc4ccc(C)cc4)cc3)cc2)cc1. The minimum absolute atomic E-state index is 0.834. The van der Waals surface area contributed by atoms with Crippen LogP contribution in [-0.2, 0) is 6.42 Å². The van der Waals surface area contributed by atoms with Crippen molar-refractivity contribution in [2.75, 3.05) is 7.11 Å². The lowest BCUT2D eigenvalue weighted by molar-refractivity contribution is 0.414. The second-order valence-corrected chi connectivity index (χ2v) is 8.30. The molecule has 0 aliphatic carbocycles. The second-order valence-electron chi connectivity index (χ2n) is 7.16. The first-order chi connectivity index (χ1) is 14.7. The van der Waals surface area contributed by atoms with Gasteiger partial charge in [-0.2, -0.15) is 0 Å². The molecule has 0 saturated heterocycles. The summed E-state index contributed by atoms with van der Waals surface area (Å²) in [6.07, 6.45) is 0.928.